The lowest BCUT2D eigenvalue weighted by atomic mass is 9.93. The average molecular weight is 387 g/mol. The van der Waals surface area contributed by atoms with E-state index >= 15 is 0 Å². The van der Waals surface area contributed by atoms with E-state index in [0.717, 1.165) is 24.3 Å². The number of ketones is 1. The third kappa shape index (κ3) is 4.12. The van der Waals surface area contributed by atoms with Crippen LogP contribution in [0.2, 0.25) is 0 Å². The summed E-state index contributed by atoms with van der Waals surface area (Å²) >= 11 is 0. The number of alkyl halides is 3. The fraction of sp³-hybridized carbons (Fsp3) is 0.235. The molecule has 2 rings (SSSR count). The zero-order valence-corrected chi connectivity index (χ0v) is 14.4. The van der Waals surface area contributed by atoms with E-state index in [1.807, 2.05) is 0 Å². The number of rotatable bonds is 6. The van der Waals surface area contributed by atoms with Gasteiger partial charge in [-0.05, 0) is 24.6 Å². The first-order valence-corrected chi connectivity index (χ1v) is 8.91. The van der Waals surface area contributed by atoms with Gasteiger partial charge in [-0.15, -0.1) is 0 Å². The van der Waals surface area contributed by atoms with E-state index in [4.69, 9.17) is 0 Å². The Hall–Kier alpha value is -2.23. The highest BCUT2D eigenvalue weighted by Crippen LogP contribution is 2.38. The summed E-state index contributed by atoms with van der Waals surface area (Å²) in [7, 11) is -4.38. The summed E-state index contributed by atoms with van der Waals surface area (Å²) in [5.41, 5.74) is -3.80. The molecule has 0 saturated carbocycles. The highest BCUT2D eigenvalue weighted by Gasteiger charge is 2.55. The molecule has 1 atom stereocenters. The number of carbonyl (C=O) groups excluding carboxylic acids is 1. The smallest absolute Gasteiger partial charge is 0.375 e. The van der Waals surface area contributed by atoms with Crippen molar-refractivity contribution in [1.82, 2.24) is 4.72 Å². The molecule has 0 saturated heterocycles. The van der Waals surface area contributed by atoms with E-state index in [2.05, 4.69) is 0 Å². The molecule has 2 aromatic carbocycles. The molecule has 0 spiro atoms. The lowest BCUT2D eigenvalue weighted by molar-refractivity contribution is -0.263. The summed E-state index contributed by atoms with van der Waals surface area (Å²) in [6.45, 7) is -0.0793. The minimum atomic E-state index is -5.11. The first kappa shape index (κ1) is 20.1. The van der Waals surface area contributed by atoms with Gasteiger partial charge in [-0.2, -0.15) is 13.2 Å². The number of hydrogen-bond donors (Lipinski definition) is 2. The van der Waals surface area contributed by atoms with Crippen molar-refractivity contribution in [2.24, 2.45) is 0 Å². The third-order valence-corrected chi connectivity index (χ3v) is 5.19. The summed E-state index contributed by atoms with van der Waals surface area (Å²) < 4.78 is 66.6. The van der Waals surface area contributed by atoms with Gasteiger partial charge in [0.15, 0.2) is 11.4 Å². The molecule has 5 nitrogen and oxygen atoms in total. The van der Waals surface area contributed by atoms with Gasteiger partial charge < -0.3 is 5.11 Å². The van der Waals surface area contributed by atoms with E-state index in [0.29, 0.717) is 0 Å². The SMILES string of the molecule is CC(=O)c1cccc(S(=O)(=O)NCC(O)(c2ccccc2)C(F)(F)F)c1. The molecule has 9 heteroatoms. The van der Waals surface area contributed by atoms with E-state index < -0.39 is 39.7 Å². The van der Waals surface area contributed by atoms with Crippen molar-refractivity contribution in [1.29, 1.82) is 0 Å². The molecule has 140 valence electrons. The standard InChI is InChI=1S/C17H16F3NO4S/c1-12(22)13-6-5-9-15(10-13)26(24,25)21-11-16(23,17(18,19)20)14-7-3-2-4-8-14/h2-10,21,23H,11H2,1H3. The van der Waals surface area contributed by atoms with Crippen molar-refractivity contribution in [3.63, 3.8) is 0 Å². The number of aliphatic hydroxyl groups is 1. The van der Waals surface area contributed by atoms with Crippen LogP contribution in [0, 0.1) is 0 Å². The number of hydrogen-bond acceptors (Lipinski definition) is 4. The summed E-state index contributed by atoms with van der Waals surface area (Å²) in [5, 5.41) is 10.2. The van der Waals surface area contributed by atoms with E-state index in [1.165, 1.54) is 37.3 Å². The predicted octanol–water partition coefficient (Wildman–Crippen LogP) is 2.62. The van der Waals surface area contributed by atoms with E-state index in [9.17, 15) is 31.5 Å². The minimum absolute atomic E-state index is 0.0991. The lowest BCUT2D eigenvalue weighted by Crippen LogP contribution is -2.51. The minimum Gasteiger partial charge on any atom is -0.375 e. The maximum atomic E-state index is 13.4. The van der Waals surface area contributed by atoms with Crippen molar-refractivity contribution in [3.8, 4) is 0 Å². The van der Waals surface area contributed by atoms with Crippen LogP contribution in [0.15, 0.2) is 59.5 Å². The van der Waals surface area contributed by atoms with Crippen molar-refractivity contribution >= 4 is 15.8 Å². The zero-order valence-electron chi connectivity index (χ0n) is 13.6. The van der Waals surface area contributed by atoms with Crippen LogP contribution in [-0.4, -0.2) is 32.0 Å². The largest absolute Gasteiger partial charge is 0.422 e. The van der Waals surface area contributed by atoms with Gasteiger partial charge in [-0.1, -0.05) is 42.5 Å². The lowest BCUT2D eigenvalue weighted by Gasteiger charge is -2.31. The topological polar surface area (TPSA) is 83.5 Å². The Morgan fingerprint density at radius 1 is 1.08 bits per heavy atom. The molecular weight excluding hydrogens is 371 g/mol. The fourth-order valence-corrected chi connectivity index (χ4v) is 3.35. The molecule has 0 heterocycles. The highest BCUT2D eigenvalue weighted by molar-refractivity contribution is 7.89. The molecule has 2 N–H and O–H groups in total. The molecule has 1 unspecified atom stereocenters. The molecule has 0 aliphatic heterocycles. The molecule has 0 aliphatic carbocycles. The second-order valence-electron chi connectivity index (χ2n) is 5.63. The van der Waals surface area contributed by atoms with E-state index in [1.54, 1.807) is 4.72 Å². The molecule has 0 aromatic heterocycles. The molecular formula is C17H16F3NO4S. The number of sulfonamides is 1. The normalized spacial score (nSPS) is 14.7. The van der Waals surface area contributed by atoms with Gasteiger partial charge in [-0.25, -0.2) is 13.1 Å². The van der Waals surface area contributed by atoms with Crippen LogP contribution in [-0.2, 0) is 15.6 Å². The summed E-state index contributed by atoms with van der Waals surface area (Å²) in [6, 6.07) is 11.1. The van der Waals surface area contributed by atoms with Gasteiger partial charge in [-0.3, -0.25) is 4.79 Å². The van der Waals surface area contributed by atoms with Crippen LogP contribution in [0.1, 0.15) is 22.8 Å². The second-order valence-corrected chi connectivity index (χ2v) is 7.40. The number of Topliss-reactive ketones (excluding diaryl/α,β-unsaturated/α-hetero) is 1. The summed E-state index contributed by atoms with van der Waals surface area (Å²) in [4.78, 5) is 11.0. The Morgan fingerprint density at radius 3 is 2.23 bits per heavy atom. The fourth-order valence-electron chi connectivity index (χ4n) is 2.24. The Balaban J connectivity index is 2.34. The first-order valence-electron chi connectivity index (χ1n) is 7.43. The zero-order chi connectivity index (χ0) is 19.6. The predicted molar refractivity (Wildman–Crippen MR) is 88.0 cm³/mol. The van der Waals surface area contributed by atoms with Crippen molar-refractivity contribution in [2.45, 2.75) is 23.6 Å². The Labute approximate surface area is 148 Å². The van der Waals surface area contributed by atoms with Gasteiger partial charge in [0.25, 0.3) is 0 Å². The van der Waals surface area contributed by atoms with Gasteiger partial charge in [0.2, 0.25) is 10.0 Å². The molecule has 0 aliphatic rings. The van der Waals surface area contributed by atoms with E-state index in [-0.39, 0.29) is 10.5 Å². The van der Waals surface area contributed by atoms with Gasteiger partial charge in [0.1, 0.15) is 0 Å². The second kappa shape index (κ2) is 7.18. The summed E-state index contributed by atoms with van der Waals surface area (Å²) in [6.07, 6.45) is -5.11. The monoisotopic (exact) mass is 387 g/mol. The van der Waals surface area contributed by atoms with Crippen LogP contribution in [0.5, 0.6) is 0 Å². The van der Waals surface area contributed by atoms with Crippen molar-refractivity contribution < 1.29 is 31.5 Å². The van der Waals surface area contributed by atoms with Gasteiger partial charge in [0.05, 0.1) is 11.4 Å². The number of carbonyl (C=O) groups is 1. The Bertz CT molecular complexity index is 898. The average Bonchev–Trinajstić information content (AvgIpc) is 2.59. The quantitative estimate of drug-likeness (QED) is 0.747. The van der Waals surface area contributed by atoms with Gasteiger partial charge in [0, 0.05) is 5.56 Å². The maximum Gasteiger partial charge on any atom is 0.422 e. The highest BCUT2D eigenvalue weighted by atomic mass is 32.2. The van der Waals surface area contributed by atoms with Crippen LogP contribution in [0.4, 0.5) is 13.2 Å². The molecule has 0 radical (unpaired) electrons. The number of benzene rings is 2. The maximum absolute atomic E-state index is 13.4. The molecule has 0 bridgehead atoms. The molecule has 26 heavy (non-hydrogen) atoms. The first-order chi connectivity index (χ1) is 12.0. The van der Waals surface area contributed by atoms with Crippen molar-refractivity contribution in [3.05, 3.63) is 65.7 Å². The Morgan fingerprint density at radius 2 is 1.69 bits per heavy atom. The molecule has 0 fully saturated rings. The molecule has 0 amide bonds. The van der Waals surface area contributed by atoms with Crippen LogP contribution in [0.25, 0.3) is 0 Å². The Kier molecular flexibility index (Phi) is 5.55. The van der Waals surface area contributed by atoms with Gasteiger partial charge >= 0.3 is 6.18 Å². The van der Waals surface area contributed by atoms with Crippen LogP contribution >= 0.6 is 0 Å². The van der Waals surface area contributed by atoms with Crippen LogP contribution in [0.3, 0.4) is 0 Å². The number of nitrogens with one attached hydrogen (secondary N) is 1. The van der Waals surface area contributed by atoms with Crippen molar-refractivity contribution in [2.75, 3.05) is 6.54 Å². The third-order valence-electron chi connectivity index (χ3n) is 3.79. The summed E-state index contributed by atoms with van der Waals surface area (Å²) in [5.74, 6) is -0.391. The van der Waals surface area contributed by atoms with Crippen LogP contribution < -0.4 is 4.72 Å². The molecule has 2 aromatic rings. The number of halogens is 3.